The lowest BCUT2D eigenvalue weighted by Crippen LogP contribution is -2.33. The monoisotopic (exact) mass is 248 g/mol. The van der Waals surface area contributed by atoms with Gasteiger partial charge in [0.2, 0.25) is 0 Å². The zero-order chi connectivity index (χ0) is 12.9. The first kappa shape index (κ1) is 13.8. The number of benzene rings is 1. The smallest absolute Gasteiger partial charge is 0.162 e. The fourth-order valence-corrected chi connectivity index (χ4v) is 2.48. The van der Waals surface area contributed by atoms with E-state index >= 15 is 0 Å². The molecule has 3 heteroatoms. The van der Waals surface area contributed by atoms with Crippen LogP contribution in [0.5, 0.6) is 0 Å². The number of carbonyl (C=O) groups is 2. The topological polar surface area (TPSA) is 34.1 Å². The van der Waals surface area contributed by atoms with Crippen molar-refractivity contribution in [3.05, 3.63) is 35.9 Å². The summed E-state index contributed by atoms with van der Waals surface area (Å²) < 4.78 is 0. The Balaban J connectivity index is 2.38. The highest BCUT2D eigenvalue weighted by Crippen LogP contribution is 2.11. The Kier molecular flexibility index (Phi) is 4.81. The molecule has 0 N–H and O–H groups in total. The molecule has 0 amide bonds. The van der Waals surface area contributed by atoms with Crippen molar-refractivity contribution in [3.63, 3.8) is 0 Å². The highest BCUT2D eigenvalue weighted by Gasteiger charge is 2.23. The predicted molar refractivity (Wildman–Crippen MR) is 73.0 cm³/mol. The summed E-state index contributed by atoms with van der Waals surface area (Å²) in [6.07, 6.45) is 1.70. The third kappa shape index (κ3) is 4.65. The van der Waals surface area contributed by atoms with Crippen molar-refractivity contribution in [2.45, 2.75) is 38.9 Å². The van der Waals surface area contributed by atoms with Gasteiger partial charge in [-0.3, -0.25) is 4.79 Å². The van der Waals surface area contributed by atoms with E-state index in [2.05, 4.69) is 0 Å². The van der Waals surface area contributed by atoms with Crippen LogP contribution in [0.25, 0.3) is 0 Å². The molecule has 0 saturated carbocycles. The normalized spacial score (nSPS) is 11.2. The van der Waals surface area contributed by atoms with Gasteiger partial charge in [-0.05, 0) is 6.42 Å². The van der Waals surface area contributed by atoms with Crippen LogP contribution in [0.1, 0.15) is 29.6 Å². The summed E-state index contributed by atoms with van der Waals surface area (Å²) in [7, 11) is -1.66. The molecule has 0 aliphatic rings. The third-order valence-electron chi connectivity index (χ3n) is 2.74. The summed E-state index contributed by atoms with van der Waals surface area (Å²) in [5, 5.41) is 0.360. The van der Waals surface area contributed by atoms with Crippen LogP contribution in [0.4, 0.5) is 0 Å². The Bertz CT molecular complexity index is 390. The van der Waals surface area contributed by atoms with E-state index in [1.165, 1.54) is 0 Å². The molecule has 0 atom stereocenters. The Morgan fingerprint density at radius 3 is 2.12 bits per heavy atom. The van der Waals surface area contributed by atoms with Crippen LogP contribution in [0.2, 0.25) is 19.6 Å². The van der Waals surface area contributed by atoms with Crippen molar-refractivity contribution in [2.24, 2.45) is 0 Å². The van der Waals surface area contributed by atoms with Crippen molar-refractivity contribution in [1.29, 1.82) is 0 Å². The first-order chi connectivity index (χ1) is 7.91. The van der Waals surface area contributed by atoms with E-state index in [9.17, 15) is 9.59 Å². The second-order valence-corrected chi connectivity index (χ2v) is 10.4. The standard InChI is InChI=1S/C14H20O2Si/c1-17(2,3)14(16)11-7-10-13(15)12-8-5-4-6-9-12/h4-6,8-9H,7,10-11H2,1-3H3. The van der Waals surface area contributed by atoms with Gasteiger partial charge in [0.1, 0.15) is 13.5 Å². The fourth-order valence-electron chi connectivity index (χ4n) is 1.55. The summed E-state index contributed by atoms with van der Waals surface area (Å²) in [6.45, 7) is 6.15. The fraction of sp³-hybridized carbons (Fsp3) is 0.429. The van der Waals surface area contributed by atoms with Crippen molar-refractivity contribution in [2.75, 3.05) is 0 Å². The lowest BCUT2D eigenvalue weighted by atomic mass is 10.1. The number of carbonyl (C=O) groups excluding carboxylic acids is 2. The van der Waals surface area contributed by atoms with Crippen molar-refractivity contribution < 1.29 is 9.59 Å². The number of rotatable bonds is 6. The Morgan fingerprint density at radius 1 is 1.00 bits per heavy atom. The molecule has 17 heavy (non-hydrogen) atoms. The van der Waals surface area contributed by atoms with Crippen molar-refractivity contribution in [3.8, 4) is 0 Å². The van der Waals surface area contributed by atoms with Gasteiger partial charge in [-0.1, -0.05) is 50.0 Å². The summed E-state index contributed by atoms with van der Waals surface area (Å²) in [5.41, 5.74) is 0.743. The van der Waals surface area contributed by atoms with E-state index in [0.29, 0.717) is 24.7 Å². The summed E-state index contributed by atoms with van der Waals surface area (Å²) in [5.74, 6) is 0.133. The zero-order valence-corrected chi connectivity index (χ0v) is 11.8. The van der Waals surface area contributed by atoms with Crippen LogP contribution in [0.15, 0.2) is 30.3 Å². The molecule has 0 radical (unpaired) electrons. The van der Waals surface area contributed by atoms with Crippen LogP contribution >= 0.6 is 0 Å². The number of hydrogen-bond acceptors (Lipinski definition) is 2. The van der Waals surface area contributed by atoms with Crippen LogP contribution < -0.4 is 0 Å². The van der Waals surface area contributed by atoms with E-state index < -0.39 is 8.07 Å². The zero-order valence-electron chi connectivity index (χ0n) is 10.8. The molecular weight excluding hydrogens is 228 g/mol. The minimum atomic E-state index is -1.66. The molecule has 0 spiro atoms. The molecule has 1 aromatic carbocycles. The quantitative estimate of drug-likeness (QED) is 0.570. The minimum Gasteiger partial charge on any atom is -0.305 e. The van der Waals surface area contributed by atoms with E-state index in [1.54, 1.807) is 0 Å². The third-order valence-corrected chi connectivity index (χ3v) is 4.66. The van der Waals surface area contributed by atoms with Gasteiger partial charge in [-0.2, -0.15) is 0 Å². The first-order valence-corrected chi connectivity index (χ1v) is 9.53. The molecule has 0 saturated heterocycles. The van der Waals surface area contributed by atoms with Gasteiger partial charge in [0, 0.05) is 18.4 Å². The van der Waals surface area contributed by atoms with E-state index in [1.807, 2.05) is 50.0 Å². The van der Waals surface area contributed by atoms with Crippen LogP contribution in [-0.4, -0.2) is 19.3 Å². The number of hydrogen-bond donors (Lipinski definition) is 0. The highest BCUT2D eigenvalue weighted by molar-refractivity contribution is 7.03. The van der Waals surface area contributed by atoms with Crippen molar-refractivity contribution in [1.82, 2.24) is 0 Å². The molecule has 1 aromatic rings. The molecule has 0 aliphatic carbocycles. The van der Waals surface area contributed by atoms with Gasteiger partial charge in [0.15, 0.2) is 5.78 Å². The molecular formula is C14H20O2Si. The highest BCUT2D eigenvalue weighted by atomic mass is 28.3. The molecule has 0 unspecified atom stereocenters. The van der Waals surface area contributed by atoms with Crippen LogP contribution in [0, 0.1) is 0 Å². The second kappa shape index (κ2) is 5.91. The maximum Gasteiger partial charge on any atom is 0.162 e. The second-order valence-electron chi connectivity index (χ2n) is 5.32. The maximum absolute atomic E-state index is 11.8. The van der Waals surface area contributed by atoms with Crippen molar-refractivity contribution >= 4 is 19.3 Å². The molecule has 0 fully saturated rings. The summed E-state index contributed by atoms with van der Waals surface area (Å²) >= 11 is 0. The number of ketones is 1. The van der Waals surface area contributed by atoms with E-state index in [0.717, 1.165) is 5.56 Å². The Morgan fingerprint density at radius 2 is 1.59 bits per heavy atom. The van der Waals surface area contributed by atoms with Gasteiger partial charge in [-0.15, -0.1) is 0 Å². The Labute approximate surface area is 104 Å². The molecule has 1 rings (SSSR count). The maximum atomic E-state index is 11.8. The van der Waals surface area contributed by atoms with E-state index in [4.69, 9.17) is 0 Å². The minimum absolute atomic E-state index is 0.133. The van der Waals surface area contributed by atoms with Crippen LogP contribution in [0.3, 0.4) is 0 Å². The average Bonchev–Trinajstić information content (AvgIpc) is 2.28. The lowest BCUT2D eigenvalue weighted by molar-refractivity contribution is -0.112. The predicted octanol–water partition coefficient (Wildman–Crippen LogP) is 3.49. The summed E-state index contributed by atoms with van der Waals surface area (Å²) in [4.78, 5) is 23.5. The van der Waals surface area contributed by atoms with Crippen LogP contribution in [-0.2, 0) is 4.79 Å². The molecule has 0 heterocycles. The SMILES string of the molecule is C[Si](C)(C)C(=O)CCCC(=O)c1ccccc1. The molecule has 2 nitrogen and oxygen atoms in total. The number of Topliss-reactive ketones (excluding diaryl/α,β-unsaturated/α-hetero) is 1. The largest absolute Gasteiger partial charge is 0.305 e. The molecule has 0 bridgehead atoms. The Hall–Kier alpha value is -1.22. The molecule has 92 valence electrons. The molecule has 0 aliphatic heterocycles. The van der Waals surface area contributed by atoms with E-state index in [-0.39, 0.29) is 5.78 Å². The summed E-state index contributed by atoms with van der Waals surface area (Å²) in [6, 6.07) is 9.26. The van der Waals surface area contributed by atoms with Gasteiger partial charge in [0.25, 0.3) is 0 Å². The first-order valence-electron chi connectivity index (χ1n) is 6.03. The average molecular weight is 248 g/mol. The van der Waals surface area contributed by atoms with Gasteiger partial charge >= 0.3 is 0 Å². The van der Waals surface area contributed by atoms with Gasteiger partial charge in [-0.25, -0.2) is 0 Å². The molecule has 0 aromatic heterocycles. The van der Waals surface area contributed by atoms with Gasteiger partial charge in [0.05, 0.1) is 0 Å². The van der Waals surface area contributed by atoms with Gasteiger partial charge < -0.3 is 4.79 Å². The lowest BCUT2D eigenvalue weighted by Gasteiger charge is -2.13.